The lowest BCUT2D eigenvalue weighted by molar-refractivity contribution is -0.165. The zero-order chi connectivity index (χ0) is 20.6. The van der Waals surface area contributed by atoms with E-state index in [0.29, 0.717) is 66.2 Å². The van der Waals surface area contributed by atoms with Crippen LogP contribution < -0.4 is 10.6 Å². The van der Waals surface area contributed by atoms with Gasteiger partial charge in [0.2, 0.25) is 0 Å². The predicted octanol–water partition coefficient (Wildman–Crippen LogP) is 3.75. The molecule has 3 N–H and O–H groups in total. The van der Waals surface area contributed by atoms with Crippen molar-refractivity contribution in [3.63, 3.8) is 0 Å². The van der Waals surface area contributed by atoms with Crippen LogP contribution in [0.15, 0.2) is 36.4 Å². The van der Waals surface area contributed by atoms with Crippen molar-refractivity contribution in [2.75, 3.05) is 36.9 Å². The molecule has 1 aliphatic carbocycles. The Morgan fingerprint density at radius 2 is 1.38 bits per heavy atom. The predicted molar refractivity (Wildman–Crippen MR) is 119 cm³/mol. The van der Waals surface area contributed by atoms with Crippen LogP contribution >= 0.6 is 23.0 Å². The third-order valence-corrected chi connectivity index (χ3v) is 4.99. The molecule has 0 heterocycles. The fourth-order valence-corrected chi connectivity index (χ4v) is 3.54. The highest BCUT2D eigenvalue weighted by Crippen LogP contribution is 2.36. The van der Waals surface area contributed by atoms with Crippen molar-refractivity contribution in [2.24, 2.45) is 0 Å². The van der Waals surface area contributed by atoms with Crippen LogP contribution in [0.4, 0.5) is 11.4 Å². The molecule has 154 valence electrons. The number of carbonyl (C=O) groups excluding carboxylic acids is 2. The summed E-state index contributed by atoms with van der Waals surface area (Å²) in [7, 11) is 0. The highest BCUT2D eigenvalue weighted by Gasteiger charge is 2.33. The molecule has 7 nitrogen and oxygen atoms in total. The number of unbranched alkanes of at least 4 members (excludes halogenated alkanes) is 1. The number of rotatable bonds is 11. The van der Waals surface area contributed by atoms with Crippen LogP contribution in [-0.2, 0) is 8.10 Å². The smallest absolute Gasteiger partial charge is 0.196 e. The number of carbonyl (C=O) groups is 2. The fraction of sp³-hybridized carbons (Fsp3) is 0.333. The maximum absolute atomic E-state index is 13.2. The van der Waals surface area contributed by atoms with Crippen molar-refractivity contribution in [1.29, 1.82) is 0 Å². The molecule has 0 saturated heterocycles. The fourth-order valence-electron chi connectivity index (χ4n) is 3.36. The second-order valence-corrected chi connectivity index (χ2v) is 7.00. The lowest BCUT2D eigenvalue weighted by Gasteiger charge is -2.24. The normalized spacial score (nSPS) is 12.5. The number of hydrogen-bond acceptors (Lipinski definition) is 7. The highest BCUT2D eigenvalue weighted by atomic mass is 127. The Balaban J connectivity index is 1.92. The van der Waals surface area contributed by atoms with Crippen LogP contribution in [0.25, 0.3) is 0 Å². The van der Waals surface area contributed by atoms with Gasteiger partial charge in [0.15, 0.2) is 34.6 Å². The van der Waals surface area contributed by atoms with Gasteiger partial charge >= 0.3 is 0 Å². The first-order chi connectivity index (χ1) is 14.2. The first-order valence-electron chi connectivity index (χ1n) is 9.53. The molecule has 0 aromatic heterocycles. The number of halogens is 1. The molecule has 0 radical (unpaired) electrons. The SMILES string of the molecule is O=C1c2ccccc2C(=O)c2c(NCCCOOI)ccc(NCCCCO)c21. The van der Waals surface area contributed by atoms with Gasteiger partial charge in [-0.2, -0.15) is 3.22 Å². The molecule has 1 aliphatic rings. The number of nitrogens with one attached hydrogen (secondary N) is 2. The molecule has 0 spiro atoms. The van der Waals surface area contributed by atoms with Crippen LogP contribution in [0, 0.1) is 0 Å². The number of aliphatic hydroxyl groups excluding tert-OH is 1. The van der Waals surface area contributed by atoms with Gasteiger partial charge in [0, 0.05) is 42.2 Å². The monoisotopic (exact) mass is 510 g/mol. The van der Waals surface area contributed by atoms with Gasteiger partial charge in [-0.05, 0) is 31.4 Å². The molecule has 29 heavy (non-hydrogen) atoms. The molecule has 0 fully saturated rings. The van der Waals surface area contributed by atoms with Crippen LogP contribution in [0.2, 0.25) is 0 Å². The van der Waals surface area contributed by atoms with Gasteiger partial charge in [-0.25, -0.2) is 4.89 Å². The van der Waals surface area contributed by atoms with E-state index in [1.54, 1.807) is 47.3 Å². The lowest BCUT2D eigenvalue weighted by Crippen LogP contribution is -2.24. The van der Waals surface area contributed by atoms with Crippen molar-refractivity contribution in [1.82, 2.24) is 0 Å². The van der Waals surface area contributed by atoms with Crippen molar-refractivity contribution in [3.05, 3.63) is 58.7 Å². The third kappa shape index (κ3) is 4.95. The average Bonchev–Trinajstić information content (AvgIpc) is 2.75. The molecule has 2 aromatic carbocycles. The number of anilines is 2. The van der Waals surface area contributed by atoms with Gasteiger partial charge in [0.1, 0.15) is 0 Å². The van der Waals surface area contributed by atoms with E-state index in [4.69, 9.17) is 9.99 Å². The van der Waals surface area contributed by atoms with Crippen LogP contribution in [0.3, 0.4) is 0 Å². The summed E-state index contributed by atoms with van der Waals surface area (Å²) in [5.74, 6) is -0.325. The van der Waals surface area contributed by atoms with Gasteiger partial charge in [0.05, 0.1) is 17.7 Å². The summed E-state index contributed by atoms with van der Waals surface area (Å²) in [5, 5.41) is 15.5. The minimum Gasteiger partial charge on any atom is -0.396 e. The zero-order valence-electron chi connectivity index (χ0n) is 15.9. The Bertz CT molecular complexity index is 887. The first-order valence-corrected chi connectivity index (χ1v) is 10.4. The van der Waals surface area contributed by atoms with Crippen LogP contribution in [0.1, 0.15) is 51.1 Å². The molecule has 8 heteroatoms. The Kier molecular flexibility index (Phi) is 7.99. The van der Waals surface area contributed by atoms with E-state index < -0.39 is 0 Å². The maximum Gasteiger partial charge on any atom is 0.196 e. The van der Waals surface area contributed by atoms with Crippen molar-refractivity contribution in [2.45, 2.75) is 19.3 Å². The molecule has 2 aromatic rings. The topological polar surface area (TPSA) is 96.9 Å². The summed E-state index contributed by atoms with van der Waals surface area (Å²) in [6.45, 7) is 1.72. The Labute approximate surface area is 183 Å². The van der Waals surface area contributed by atoms with E-state index in [9.17, 15) is 9.59 Å². The zero-order valence-corrected chi connectivity index (χ0v) is 18.0. The minimum absolute atomic E-state index is 0.125. The number of benzene rings is 2. The Hall–Kier alpha value is -2.01. The standard InChI is InChI=1S/C21H23IN2O5/c22-29-28-13-5-11-24-17-9-8-16(23-10-3-4-12-25)18-19(17)21(27)15-7-2-1-6-14(15)20(18)26/h1-2,6-9,23-25H,3-5,10-13H2. The molecule has 0 amide bonds. The van der Waals surface area contributed by atoms with Crippen molar-refractivity contribution < 1.29 is 22.8 Å². The number of fused-ring (bicyclic) bond motifs is 2. The quantitative estimate of drug-likeness (QED) is 0.157. The third-order valence-electron chi connectivity index (χ3n) is 4.74. The second kappa shape index (κ2) is 10.7. The summed E-state index contributed by atoms with van der Waals surface area (Å²) in [4.78, 5) is 31.3. The molecule has 0 aliphatic heterocycles. The lowest BCUT2D eigenvalue weighted by atomic mass is 9.82. The summed E-state index contributed by atoms with van der Waals surface area (Å²) < 4.78 is 4.54. The Morgan fingerprint density at radius 3 is 1.90 bits per heavy atom. The van der Waals surface area contributed by atoms with Crippen LogP contribution in [0.5, 0.6) is 0 Å². The average molecular weight is 510 g/mol. The van der Waals surface area contributed by atoms with Crippen molar-refractivity contribution >= 4 is 45.9 Å². The molecular weight excluding hydrogens is 487 g/mol. The second-order valence-electron chi connectivity index (χ2n) is 6.64. The van der Waals surface area contributed by atoms with E-state index in [1.165, 1.54) is 0 Å². The van der Waals surface area contributed by atoms with Crippen molar-refractivity contribution in [3.8, 4) is 0 Å². The van der Waals surface area contributed by atoms with Gasteiger partial charge in [0.25, 0.3) is 0 Å². The molecule has 0 saturated carbocycles. The number of ketones is 2. The van der Waals surface area contributed by atoms with E-state index in [2.05, 4.69) is 13.9 Å². The summed E-state index contributed by atoms with van der Waals surface area (Å²) in [6.07, 6.45) is 2.12. The van der Waals surface area contributed by atoms with Crippen LogP contribution in [-0.4, -0.2) is 43.0 Å². The number of hydrogen-bond donors (Lipinski definition) is 3. The largest absolute Gasteiger partial charge is 0.396 e. The van der Waals surface area contributed by atoms with E-state index >= 15 is 0 Å². The number of aliphatic hydroxyl groups is 1. The molecule has 0 bridgehead atoms. The molecule has 0 unspecified atom stereocenters. The van der Waals surface area contributed by atoms with Gasteiger partial charge < -0.3 is 15.7 Å². The maximum atomic E-state index is 13.2. The summed E-state index contributed by atoms with van der Waals surface area (Å²) in [5.41, 5.74) is 2.91. The van der Waals surface area contributed by atoms with Gasteiger partial charge in [-0.1, -0.05) is 24.3 Å². The first kappa shape index (κ1) is 21.7. The van der Waals surface area contributed by atoms with E-state index in [1.807, 2.05) is 12.1 Å². The van der Waals surface area contributed by atoms with Gasteiger partial charge in [-0.15, -0.1) is 0 Å². The van der Waals surface area contributed by atoms with E-state index in [0.717, 1.165) is 6.42 Å². The minimum atomic E-state index is -0.163. The molecular formula is C21H23IN2O5. The molecule has 0 atom stereocenters. The summed E-state index contributed by atoms with van der Waals surface area (Å²) in [6, 6.07) is 10.6. The van der Waals surface area contributed by atoms with Gasteiger partial charge in [-0.3, -0.25) is 9.59 Å². The summed E-state index contributed by atoms with van der Waals surface area (Å²) >= 11 is 1.66. The van der Waals surface area contributed by atoms with E-state index in [-0.39, 0.29) is 18.2 Å². The Morgan fingerprint density at radius 1 is 0.828 bits per heavy atom. The molecule has 3 rings (SSSR count). The highest BCUT2D eigenvalue weighted by molar-refractivity contribution is 14.1.